The summed E-state index contributed by atoms with van der Waals surface area (Å²) in [6, 6.07) is 19.4. The molecule has 0 N–H and O–H groups in total. The molecule has 2 aromatic carbocycles. The van der Waals surface area contributed by atoms with Crippen molar-refractivity contribution in [2.75, 3.05) is 4.31 Å². The third-order valence-corrected chi connectivity index (χ3v) is 5.96. The van der Waals surface area contributed by atoms with Crippen LogP contribution in [0.15, 0.2) is 65.1 Å². The van der Waals surface area contributed by atoms with Gasteiger partial charge in [-0.15, -0.1) is 0 Å². The van der Waals surface area contributed by atoms with Crippen molar-refractivity contribution in [1.29, 1.82) is 0 Å². The number of hydrogen-bond donors (Lipinski definition) is 0. The minimum Gasteiger partial charge on any atom is -0.265 e. The van der Waals surface area contributed by atoms with Crippen LogP contribution in [0.2, 0.25) is 0 Å². The predicted molar refractivity (Wildman–Crippen MR) is 110 cm³/mol. The maximum absolute atomic E-state index is 4.89. The van der Waals surface area contributed by atoms with E-state index in [1.165, 1.54) is 60.3 Å². The average molecular weight is 349 g/mol. The van der Waals surface area contributed by atoms with E-state index in [0.29, 0.717) is 5.92 Å². The van der Waals surface area contributed by atoms with Crippen LogP contribution >= 0.6 is 12.1 Å². The van der Waals surface area contributed by atoms with E-state index in [9.17, 15) is 0 Å². The molecular formula is C22H24N2S. The molecular weight excluding hydrogens is 324 g/mol. The Balaban J connectivity index is 1.70. The van der Waals surface area contributed by atoms with Gasteiger partial charge in [-0.25, -0.2) is 0 Å². The average Bonchev–Trinajstić information content (AvgIpc) is 2.70. The Morgan fingerprint density at radius 1 is 0.920 bits per heavy atom. The molecule has 1 aliphatic carbocycles. The lowest BCUT2D eigenvalue weighted by Crippen LogP contribution is -2.23. The van der Waals surface area contributed by atoms with Crippen LogP contribution in [0.25, 0.3) is 5.70 Å². The summed E-state index contributed by atoms with van der Waals surface area (Å²) in [5, 5.41) is 0. The van der Waals surface area contributed by atoms with E-state index in [1.807, 2.05) is 0 Å². The topological polar surface area (TPSA) is 15.6 Å². The Kier molecular flexibility index (Phi) is 4.93. The van der Waals surface area contributed by atoms with E-state index in [4.69, 9.17) is 4.40 Å². The molecule has 1 heterocycles. The lowest BCUT2D eigenvalue weighted by molar-refractivity contribution is 0.441. The Morgan fingerprint density at radius 2 is 1.64 bits per heavy atom. The highest BCUT2D eigenvalue weighted by Crippen LogP contribution is 2.39. The summed E-state index contributed by atoms with van der Waals surface area (Å²) in [5.74, 6) is 0.625. The second-order valence-electron chi connectivity index (χ2n) is 6.96. The Hall–Kier alpha value is -2.00. The van der Waals surface area contributed by atoms with Crippen molar-refractivity contribution in [3.8, 4) is 0 Å². The van der Waals surface area contributed by atoms with Gasteiger partial charge < -0.3 is 0 Å². The van der Waals surface area contributed by atoms with Crippen LogP contribution in [0.5, 0.6) is 0 Å². The van der Waals surface area contributed by atoms with Crippen LogP contribution < -0.4 is 4.31 Å². The fourth-order valence-electron chi connectivity index (χ4n) is 3.62. The van der Waals surface area contributed by atoms with Crippen molar-refractivity contribution in [2.45, 2.75) is 39.0 Å². The minimum absolute atomic E-state index is 0.625. The van der Waals surface area contributed by atoms with Crippen molar-refractivity contribution < 1.29 is 0 Å². The number of aryl methyl sites for hydroxylation is 1. The second kappa shape index (κ2) is 7.49. The number of hydrogen-bond acceptors (Lipinski definition) is 3. The molecule has 2 nitrogen and oxygen atoms in total. The molecule has 0 amide bonds. The van der Waals surface area contributed by atoms with Gasteiger partial charge >= 0.3 is 0 Å². The van der Waals surface area contributed by atoms with E-state index in [2.05, 4.69) is 71.9 Å². The molecule has 0 atom stereocenters. The SMILES string of the molecule is Cc1ccc(N2SN=C(C3CCCCC3)C=C2c2ccccc2)cc1. The molecule has 1 saturated carbocycles. The predicted octanol–water partition coefficient (Wildman–Crippen LogP) is 6.44. The molecule has 0 spiro atoms. The zero-order valence-electron chi connectivity index (χ0n) is 14.7. The molecule has 0 saturated heterocycles. The van der Waals surface area contributed by atoms with E-state index in [-0.39, 0.29) is 0 Å². The van der Waals surface area contributed by atoms with Crippen LogP contribution in [-0.4, -0.2) is 5.71 Å². The molecule has 0 radical (unpaired) electrons. The van der Waals surface area contributed by atoms with Gasteiger partial charge in [-0.3, -0.25) is 4.31 Å². The molecule has 2 aromatic rings. The van der Waals surface area contributed by atoms with Crippen molar-refractivity contribution >= 4 is 29.2 Å². The lowest BCUT2D eigenvalue weighted by Gasteiger charge is -2.30. The summed E-state index contributed by atoms with van der Waals surface area (Å²) >= 11 is 1.58. The number of anilines is 1. The molecule has 25 heavy (non-hydrogen) atoms. The second-order valence-corrected chi connectivity index (χ2v) is 7.67. The minimum atomic E-state index is 0.625. The van der Waals surface area contributed by atoms with E-state index in [1.54, 1.807) is 12.1 Å². The monoisotopic (exact) mass is 348 g/mol. The molecule has 0 bridgehead atoms. The third-order valence-electron chi connectivity index (χ3n) is 5.09. The zero-order valence-corrected chi connectivity index (χ0v) is 15.5. The highest BCUT2D eigenvalue weighted by atomic mass is 32.2. The first-order valence-electron chi connectivity index (χ1n) is 9.20. The van der Waals surface area contributed by atoms with Crippen LogP contribution in [0, 0.1) is 12.8 Å². The summed E-state index contributed by atoms with van der Waals surface area (Å²) in [7, 11) is 0. The summed E-state index contributed by atoms with van der Waals surface area (Å²) < 4.78 is 7.14. The number of allylic oxidation sites excluding steroid dienone is 1. The molecule has 1 aliphatic heterocycles. The summed E-state index contributed by atoms with van der Waals surface area (Å²) in [6.07, 6.45) is 8.93. The van der Waals surface area contributed by atoms with E-state index < -0.39 is 0 Å². The highest BCUT2D eigenvalue weighted by molar-refractivity contribution is 8.00. The first-order chi connectivity index (χ1) is 12.3. The fraction of sp³-hybridized carbons (Fsp3) is 0.318. The van der Waals surface area contributed by atoms with Crippen LogP contribution in [0.3, 0.4) is 0 Å². The quantitative estimate of drug-likeness (QED) is 0.593. The van der Waals surface area contributed by atoms with Gasteiger partial charge in [0, 0.05) is 5.92 Å². The largest absolute Gasteiger partial charge is 0.265 e. The van der Waals surface area contributed by atoms with E-state index in [0.717, 1.165) is 0 Å². The van der Waals surface area contributed by atoms with Crippen molar-refractivity contribution in [2.24, 2.45) is 10.3 Å². The Labute approximate surface area is 154 Å². The number of benzene rings is 2. The maximum atomic E-state index is 4.89. The molecule has 0 unspecified atom stereocenters. The fourth-order valence-corrected chi connectivity index (χ4v) is 4.46. The van der Waals surface area contributed by atoms with Gasteiger partial charge in [-0.05, 0) is 43.5 Å². The third kappa shape index (κ3) is 3.67. The van der Waals surface area contributed by atoms with Gasteiger partial charge in [0.15, 0.2) is 0 Å². The standard InChI is InChI=1S/C22H24N2S/c1-17-12-14-20(15-13-17)24-22(19-10-6-3-7-11-19)16-21(23-25-24)18-8-4-2-5-9-18/h3,6-7,10-16,18H,2,4-5,8-9H2,1H3. The molecule has 3 heteroatoms. The van der Waals surface area contributed by atoms with Crippen molar-refractivity contribution in [3.05, 3.63) is 71.8 Å². The normalized spacial score (nSPS) is 18.7. The molecule has 128 valence electrons. The first-order valence-corrected chi connectivity index (χ1v) is 9.93. The zero-order chi connectivity index (χ0) is 17.1. The lowest BCUT2D eigenvalue weighted by atomic mass is 9.85. The maximum Gasteiger partial charge on any atom is 0.0984 e. The number of nitrogens with zero attached hydrogens (tertiary/aromatic N) is 2. The van der Waals surface area contributed by atoms with Gasteiger partial charge in [0.25, 0.3) is 0 Å². The summed E-state index contributed by atoms with van der Waals surface area (Å²) in [4.78, 5) is 0. The molecule has 0 aromatic heterocycles. The van der Waals surface area contributed by atoms with Crippen LogP contribution in [0.1, 0.15) is 43.2 Å². The van der Waals surface area contributed by atoms with Crippen molar-refractivity contribution in [1.82, 2.24) is 0 Å². The Bertz CT molecular complexity index is 771. The van der Waals surface area contributed by atoms with E-state index >= 15 is 0 Å². The van der Waals surface area contributed by atoms with Gasteiger partial charge in [0.2, 0.25) is 0 Å². The van der Waals surface area contributed by atoms with Crippen LogP contribution in [0.4, 0.5) is 5.69 Å². The van der Waals surface area contributed by atoms with Gasteiger partial charge in [-0.1, -0.05) is 67.3 Å². The molecule has 4 rings (SSSR count). The Morgan fingerprint density at radius 3 is 2.36 bits per heavy atom. The van der Waals surface area contributed by atoms with Gasteiger partial charge in [0.05, 0.1) is 29.2 Å². The molecule has 1 fully saturated rings. The number of rotatable bonds is 3. The van der Waals surface area contributed by atoms with Crippen LogP contribution in [-0.2, 0) is 0 Å². The highest BCUT2D eigenvalue weighted by Gasteiger charge is 2.25. The smallest absolute Gasteiger partial charge is 0.0984 e. The molecule has 2 aliphatic rings. The summed E-state index contributed by atoms with van der Waals surface area (Å²) in [6.45, 7) is 2.13. The van der Waals surface area contributed by atoms with Gasteiger partial charge in [-0.2, -0.15) is 4.40 Å². The summed E-state index contributed by atoms with van der Waals surface area (Å²) in [5.41, 5.74) is 6.22. The first kappa shape index (κ1) is 16.5. The van der Waals surface area contributed by atoms with Gasteiger partial charge in [0.1, 0.15) is 0 Å². The van der Waals surface area contributed by atoms with Crippen molar-refractivity contribution in [3.63, 3.8) is 0 Å².